The highest BCUT2D eigenvalue weighted by Crippen LogP contribution is 2.11. The van der Waals surface area contributed by atoms with Gasteiger partial charge in [0, 0.05) is 17.6 Å². The van der Waals surface area contributed by atoms with Crippen molar-refractivity contribution in [3.63, 3.8) is 0 Å². The number of carbonyl (C=O) groups excluding carboxylic acids is 1. The summed E-state index contributed by atoms with van der Waals surface area (Å²) >= 11 is 5.95. The minimum absolute atomic E-state index is 0.125. The van der Waals surface area contributed by atoms with E-state index in [9.17, 15) is 4.79 Å². The Kier molecular flexibility index (Phi) is 6.35. The number of halogens is 1. The second-order valence-corrected chi connectivity index (χ2v) is 5.81. The van der Waals surface area contributed by atoms with E-state index in [0.29, 0.717) is 18.1 Å². The number of hydrogen-bond acceptors (Lipinski definition) is 4. The summed E-state index contributed by atoms with van der Waals surface area (Å²) in [6.07, 6.45) is 4.77. The molecule has 0 aliphatic carbocycles. The molecule has 1 heterocycles. The van der Waals surface area contributed by atoms with Crippen LogP contribution in [0.4, 0.5) is 5.82 Å². The summed E-state index contributed by atoms with van der Waals surface area (Å²) in [5.74, 6) is 0.449. The van der Waals surface area contributed by atoms with Gasteiger partial charge in [0.05, 0.1) is 12.4 Å². The van der Waals surface area contributed by atoms with E-state index >= 15 is 0 Å². The van der Waals surface area contributed by atoms with E-state index in [4.69, 9.17) is 11.6 Å². The van der Waals surface area contributed by atoms with E-state index in [1.807, 2.05) is 38.1 Å². The Morgan fingerprint density at radius 2 is 2.13 bits per heavy atom. The lowest BCUT2D eigenvalue weighted by Crippen LogP contribution is -2.32. The molecule has 0 radical (unpaired) electrons. The van der Waals surface area contributed by atoms with Crippen molar-refractivity contribution in [3.05, 3.63) is 52.9 Å². The number of anilines is 1. The second kappa shape index (κ2) is 8.48. The van der Waals surface area contributed by atoms with Crippen LogP contribution < -0.4 is 10.6 Å². The monoisotopic (exact) mass is 332 g/mol. The molecule has 1 atom stereocenters. The maximum Gasteiger partial charge on any atom is 0.271 e. The molecule has 0 spiro atoms. The van der Waals surface area contributed by atoms with Gasteiger partial charge in [-0.2, -0.15) is 0 Å². The Hall–Kier alpha value is -2.14. The van der Waals surface area contributed by atoms with Crippen LogP contribution in [0.2, 0.25) is 5.02 Å². The fourth-order valence-corrected chi connectivity index (χ4v) is 2.18. The average Bonchev–Trinajstić information content (AvgIpc) is 2.55. The maximum atomic E-state index is 11.9. The summed E-state index contributed by atoms with van der Waals surface area (Å²) in [5, 5.41) is 6.78. The van der Waals surface area contributed by atoms with Gasteiger partial charge in [-0.25, -0.2) is 9.97 Å². The van der Waals surface area contributed by atoms with Gasteiger partial charge in [-0.3, -0.25) is 4.79 Å². The zero-order valence-corrected chi connectivity index (χ0v) is 14.1. The van der Waals surface area contributed by atoms with Gasteiger partial charge in [0.25, 0.3) is 5.91 Å². The van der Waals surface area contributed by atoms with Gasteiger partial charge < -0.3 is 10.6 Å². The van der Waals surface area contributed by atoms with E-state index in [-0.39, 0.29) is 11.9 Å². The molecule has 0 aliphatic heterocycles. The van der Waals surface area contributed by atoms with Crippen molar-refractivity contribution in [3.8, 4) is 0 Å². The predicted octanol–water partition coefficient (Wildman–Crippen LogP) is 3.31. The molecule has 6 heteroatoms. The first kappa shape index (κ1) is 17.2. The highest BCUT2D eigenvalue weighted by atomic mass is 35.5. The number of nitrogens with zero attached hydrogens (tertiary/aromatic N) is 2. The lowest BCUT2D eigenvalue weighted by atomic mass is 10.1. The van der Waals surface area contributed by atoms with Crippen molar-refractivity contribution in [1.82, 2.24) is 15.3 Å². The first-order chi connectivity index (χ1) is 11.1. The van der Waals surface area contributed by atoms with Gasteiger partial charge in [0.1, 0.15) is 11.5 Å². The largest absolute Gasteiger partial charge is 0.368 e. The second-order valence-electron chi connectivity index (χ2n) is 5.38. The number of benzene rings is 1. The SMILES string of the molecule is CCC(C)NC(=O)c1cnc(NCCc2cccc(Cl)c2)cn1. The summed E-state index contributed by atoms with van der Waals surface area (Å²) in [5.41, 5.74) is 1.48. The molecule has 0 fully saturated rings. The number of carbonyl (C=O) groups is 1. The molecule has 0 saturated carbocycles. The molecule has 2 rings (SSSR count). The summed E-state index contributed by atoms with van der Waals surface area (Å²) < 4.78 is 0. The van der Waals surface area contributed by atoms with Crippen LogP contribution in [0.5, 0.6) is 0 Å². The number of aromatic nitrogens is 2. The molecule has 2 N–H and O–H groups in total. The van der Waals surface area contributed by atoms with Crippen LogP contribution >= 0.6 is 11.6 Å². The van der Waals surface area contributed by atoms with Crippen LogP contribution in [-0.2, 0) is 6.42 Å². The quantitative estimate of drug-likeness (QED) is 0.816. The van der Waals surface area contributed by atoms with E-state index in [1.165, 1.54) is 6.20 Å². The summed E-state index contributed by atoms with van der Waals surface area (Å²) in [6, 6.07) is 7.88. The highest BCUT2D eigenvalue weighted by Gasteiger charge is 2.10. The molecule has 0 aliphatic rings. The lowest BCUT2D eigenvalue weighted by molar-refractivity contribution is 0.0934. The predicted molar refractivity (Wildman–Crippen MR) is 92.9 cm³/mol. The van der Waals surface area contributed by atoms with E-state index in [1.54, 1.807) is 6.20 Å². The van der Waals surface area contributed by atoms with E-state index in [0.717, 1.165) is 23.4 Å². The summed E-state index contributed by atoms with van der Waals surface area (Å²) in [6.45, 7) is 4.69. The molecular formula is C17H21ClN4O. The summed E-state index contributed by atoms with van der Waals surface area (Å²) in [7, 11) is 0. The Bertz CT molecular complexity index is 645. The zero-order chi connectivity index (χ0) is 16.7. The molecule has 5 nitrogen and oxygen atoms in total. The van der Waals surface area contributed by atoms with Gasteiger partial charge in [-0.05, 0) is 37.5 Å². The Morgan fingerprint density at radius 1 is 1.30 bits per heavy atom. The topological polar surface area (TPSA) is 66.9 Å². The highest BCUT2D eigenvalue weighted by molar-refractivity contribution is 6.30. The van der Waals surface area contributed by atoms with Crippen molar-refractivity contribution in [2.24, 2.45) is 0 Å². The molecular weight excluding hydrogens is 312 g/mol. The average molecular weight is 333 g/mol. The van der Waals surface area contributed by atoms with Crippen LogP contribution in [0.15, 0.2) is 36.7 Å². The minimum atomic E-state index is -0.197. The first-order valence-corrected chi connectivity index (χ1v) is 8.07. The number of amides is 1. The maximum absolute atomic E-state index is 11.9. The van der Waals surface area contributed by atoms with Crippen molar-refractivity contribution in [2.75, 3.05) is 11.9 Å². The van der Waals surface area contributed by atoms with Gasteiger partial charge in [0.15, 0.2) is 0 Å². The minimum Gasteiger partial charge on any atom is -0.368 e. The third-order valence-electron chi connectivity index (χ3n) is 3.48. The summed E-state index contributed by atoms with van der Waals surface area (Å²) in [4.78, 5) is 20.3. The van der Waals surface area contributed by atoms with Crippen LogP contribution in [0.25, 0.3) is 0 Å². The zero-order valence-electron chi connectivity index (χ0n) is 13.3. The molecule has 122 valence electrons. The van der Waals surface area contributed by atoms with Gasteiger partial charge in [-0.1, -0.05) is 30.7 Å². The molecule has 0 bridgehead atoms. The van der Waals surface area contributed by atoms with Gasteiger partial charge in [-0.15, -0.1) is 0 Å². The normalized spacial score (nSPS) is 11.8. The molecule has 23 heavy (non-hydrogen) atoms. The molecule has 1 unspecified atom stereocenters. The Labute approximate surface area is 141 Å². The van der Waals surface area contributed by atoms with Crippen molar-refractivity contribution in [2.45, 2.75) is 32.7 Å². The van der Waals surface area contributed by atoms with E-state index in [2.05, 4.69) is 20.6 Å². The Morgan fingerprint density at radius 3 is 2.78 bits per heavy atom. The first-order valence-electron chi connectivity index (χ1n) is 7.69. The standard InChI is InChI=1S/C17H21ClN4O/c1-3-12(2)22-17(23)15-10-21-16(11-20-15)19-8-7-13-5-4-6-14(18)9-13/h4-6,9-12H,3,7-8H2,1-2H3,(H,19,21)(H,22,23). The third-order valence-corrected chi connectivity index (χ3v) is 3.72. The van der Waals surface area contributed by atoms with E-state index < -0.39 is 0 Å². The van der Waals surface area contributed by atoms with Crippen molar-refractivity contribution < 1.29 is 4.79 Å². The molecule has 1 aromatic heterocycles. The number of nitrogens with one attached hydrogen (secondary N) is 2. The molecule has 2 aromatic rings. The van der Waals surface area contributed by atoms with Crippen molar-refractivity contribution in [1.29, 1.82) is 0 Å². The molecule has 0 saturated heterocycles. The molecule has 1 amide bonds. The fraction of sp³-hybridized carbons (Fsp3) is 0.353. The number of rotatable bonds is 7. The lowest BCUT2D eigenvalue weighted by Gasteiger charge is -2.11. The van der Waals surface area contributed by atoms with Crippen LogP contribution in [-0.4, -0.2) is 28.5 Å². The van der Waals surface area contributed by atoms with Crippen LogP contribution in [0.3, 0.4) is 0 Å². The van der Waals surface area contributed by atoms with Crippen molar-refractivity contribution >= 4 is 23.3 Å². The van der Waals surface area contributed by atoms with Crippen LogP contribution in [0, 0.1) is 0 Å². The fourth-order valence-electron chi connectivity index (χ4n) is 1.96. The Balaban J connectivity index is 1.84. The number of hydrogen-bond donors (Lipinski definition) is 2. The molecule has 1 aromatic carbocycles. The van der Waals surface area contributed by atoms with Crippen LogP contribution in [0.1, 0.15) is 36.3 Å². The third kappa shape index (κ3) is 5.53. The van der Waals surface area contributed by atoms with Gasteiger partial charge in [0.2, 0.25) is 0 Å². The smallest absolute Gasteiger partial charge is 0.271 e. The van der Waals surface area contributed by atoms with Gasteiger partial charge >= 0.3 is 0 Å².